The van der Waals surface area contributed by atoms with Gasteiger partial charge in [0.05, 0.1) is 12.7 Å². The van der Waals surface area contributed by atoms with Crippen LogP contribution < -0.4 is 9.47 Å². The van der Waals surface area contributed by atoms with Crippen molar-refractivity contribution in [1.29, 1.82) is 0 Å². The molecule has 0 aromatic heterocycles. The van der Waals surface area contributed by atoms with Gasteiger partial charge in [0.2, 0.25) is 0 Å². The predicted octanol–water partition coefficient (Wildman–Crippen LogP) is 3.75. The van der Waals surface area contributed by atoms with Gasteiger partial charge in [-0.25, -0.2) is 0 Å². The second kappa shape index (κ2) is 7.31. The minimum atomic E-state index is -0.0992. The van der Waals surface area contributed by atoms with E-state index in [-0.39, 0.29) is 5.78 Å². The fourth-order valence-corrected chi connectivity index (χ4v) is 1.84. The molecular formula is C18H19NO3. The first-order valence-electron chi connectivity index (χ1n) is 6.90. The summed E-state index contributed by atoms with van der Waals surface area (Å²) in [6, 6.07) is 14.4. The Balaban J connectivity index is 2.22. The van der Waals surface area contributed by atoms with Crippen molar-refractivity contribution in [2.24, 2.45) is 0 Å². The Kier molecular flexibility index (Phi) is 5.20. The fraction of sp³-hybridized carbons (Fsp3) is 0.167. The number of carbonyl (C=O) groups is 1. The summed E-state index contributed by atoms with van der Waals surface area (Å²) >= 11 is 0. The largest absolute Gasteiger partial charge is 0.497 e. The molecule has 0 radical (unpaired) electrons. The zero-order chi connectivity index (χ0) is 15.9. The van der Waals surface area contributed by atoms with E-state index in [0.717, 1.165) is 5.75 Å². The third-order valence-corrected chi connectivity index (χ3v) is 2.96. The highest BCUT2D eigenvalue weighted by Gasteiger charge is 2.10. The molecule has 4 heteroatoms. The summed E-state index contributed by atoms with van der Waals surface area (Å²) in [4.78, 5) is 14.1. The van der Waals surface area contributed by atoms with Gasteiger partial charge in [0.15, 0.2) is 5.78 Å². The molecule has 0 saturated carbocycles. The zero-order valence-corrected chi connectivity index (χ0v) is 12.9. The van der Waals surface area contributed by atoms with E-state index in [1.54, 1.807) is 37.6 Å². The molecule has 2 aromatic rings. The van der Waals surface area contributed by atoms with Crippen molar-refractivity contribution in [3.05, 3.63) is 66.4 Å². The number of ketones is 1. The average molecular weight is 297 g/mol. The number of methoxy groups -OCH3 is 1. The first-order chi connectivity index (χ1) is 10.6. The van der Waals surface area contributed by atoms with Gasteiger partial charge in [-0.3, -0.25) is 4.79 Å². The Bertz CT molecular complexity index is 660. The molecule has 0 fully saturated rings. The van der Waals surface area contributed by atoms with Crippen molar-refractivity contribution in [3.63, 3.8) is 0 Å². The maximum absolute atomic E-state index is 12.2. The smallest absolute Gasteiger partial charge is 0.191 e. The number of allylic oxidation sites excluding steroid dienone is 1. The van der Waals surface area contributed by atoms with Gasteiger partial charge < -0.3 is 14.4 Å². The Hall–Kier alpha value is -2.75. The van der Waals surface area contributed by atoms with Gasteiger partial charge in [-0.05, 0) is 36.4 Å². The average Bonchev–Trinajstić information content (AvgIpc) is 2.54. The summed E-state index contributed by atoms with van der Waals surface area (Å²) in [6.07, 6.45) is 3.24. The second-order valence-corrected chi connectivity index (χ2v) is 4.92. The van der Waals surface area contributed by atoms with Gasteiger partial charge in [-0.1, -0.05) is 12.1 Å². The van der Waals surface area contributed by atoms with Crippen LogP contribution in [-0.4, -0.2) is 31.9 Å². The summed E-state index contributed by atoms with van der Waals surface area (Å²) in [7, 11) is 5.34. The summed E-state index contributed by atoms with van der Waals surface area (Å²) < 4.78 is 10.9. The number of carbonyl (C=O) groups excluding carboxylic acids is 1. The molecule has 0 bridgehead atoms. The molecule has 2 aromatic carbocycles. The van der Waals surface area contributed by atoms with E-state index in [1.165, 1.54) is 6.08 Å². The van der Waals surface area contributed by atoms with Gasteiger partial charge in [-0.2, -0.15) is 0 Å². The number of nitrogens with zero attached hydrogens (tertiary/aromatic N) is 1. The van der Waals surface area contributed by atoms with Gasteiger partial charge >= 0.3 is 0 Å². The maximum Gasteiger partial charge on any atom is 0.191 e. The Morgan fingerprint density at radius 2 is 1.64 bits per heavy atom. The highest BCUT2D eigenvalue weighted by atomic mass is 16.5. The van der Waals surface area contributed by atoms with Crippen molar-refractivity contribution in [3.8, 4) is 17.2 Å². The van der Waals surface area contributed by atoms with E-state index in [0.29, 0.717) is 17.1 Å². The van der Waals surface area contributed by atoms with Crippen LogP contribution in [0, 0.1) is 0 Å². The molecule has 2 rings (SSSR count). The topological polar surface area (TPSA) is 38.8 Å². The highest BCUT2D eigenvalue weighted by Crippen LogP contribution is 2.27. The minimum Gasteiger partial charge on any atom is -0.497 e. The van der Waals surface area contributed by atoms with Crippen molar-refractivity contribution < 1.29 is 14.3 Å². The predicted molar refractivity (Wildman–Crippen MR) is 86.7 cm³/mol. The zero-order valence-electron chi connectivity index (χ0n) is 12.9. The van der Waals surface area contributed by atoms with Crippen LogP contribution in [0.3, 0.4) is 0 Å². The third kappa shape index (κ3) is 4.12. The van der Waals surface area contributed by atoms with Crippen LogP contribution in [-0.2, 0) is 0 Å². The molecule has 0 aliphatic heterocycles. The summed E-state index contributed by atoms with van der Waals surface area (Å²) in [5.41, 5.74) is 0.524. The molecule has 0 amide bonds. The van der Waals surface area contributed by atoms with Crippen LogP contribution in [0.25, 0.3) is 0 Å². The highest BCUT2D eigenvalue weighted by molar-refractivity contribution is 6.06. The number of benzene rings is 2. The minimum absolute atomic E-state index is 0.0992. The first-order valence-corrected chi connectivity index (χ1v) is 6.90. The standard InChI is InChI=1S/C18H19NO3/c1-19(2)13-12-17(20)16-6-4-5-7-18(16)22-15-10-8-14(21-3)9-11-15/h4-13H,1-3H3/b13-12+. The molecule has 0 aliphatic carbocycles. The Morgan fingerprint density at radius 3 is 2.27 bits per heavy atom. The molecule has 22 heavy (non-hydrogen) atoms. The van der Waals surface area contributed by atoms with Crippen molar-refractivity contribution in [2.75, 3.05) is 21.2 Å². The quantitative estimate of drug-likeness (QED) is 0.601. The van der Waals surface area contributed by atoms with Crippen molar-refractivity contribution >= 4 is 5.78 Å². The normalized spacial score (nSPS) is 10.5. The number of ether oxygens (including phenoxy) is 2. The van der Waals surface area contributed by atoms with Crippen LogP contribution in [0.2, 0.25) is 0 Å². The molecule has 0 heterocycles. The molecule has 4 nitrogen and oxygen atoms in total. The molecule has 0 aliphatic rings. The van der Waals surface area contributed by atoms with E-state index < -0.39 is 0 Å². The monoisotopic (exact) mass is 297 g/mol. The second-order valence-electron chi connectivity index (χ2n) is 4.92. The van der Waals surface area contributed by atoms with E-state index in [9.17, 15) is 4.79 Å². The molecule has 0 N–H and O–H groups in total. The van der Waals surface area contributed by atoms with Crippen LogP contribution in [0.15, 0.2) is 60.8 Å². The van der Waals surface area contributed by atoms with Gasteiger partial charge in [-0.15, -0.1) is 0 Å². The van der Waals surface area contributed by atoms with Crippen molar-refractivity contribution in [1.82, 2.24) is 4.90 Å². The van der Waals surface area contributed by atoms with Crippen LogP contribution in [0.5, 0.6) is 17.2 Å². The lowest BCUT2D eigenvalue weighted by atomic mass is 10.1. The number of rotatable bonds is 6. The van der Waals surface area contributed by atoms with Crippen LogP contribution >= 0.6 is 0 Å². The Labute approximate surface area is 130 Å². The first kappa shape index (κ1) is 15.6. The molecular weight excluding hydrogens is 278 g/mol. The molecule has 0 spiro atoms. The number of hydrogen-bond donors (Lipinski definition) is 0. The van der Waals surface area contributed by atoms with Gasteiger partial charge in [0.1, 0.15) is 17.2 Å². The van der Waals surface area contributed by atoms with Gasteiger partial charge in [0, 0.05) is 26.4 Å². The Morgan fingerprint density at radius 1 is 1.00 bits per heavy atom. The molecule has 0 saturated heterocycles. The molecule has 0 unspecified atom stereocenters. The van der Waals surface area contributed by atoms with Crippen LogP contribution in [0.4, 0.5) is 0 Å². The van der Waals surface area contributed by atoms with Crippen molar-refractivity contribution in [2.45, 2.75) is 0 Å². The van der Waals surface area contributed by atoms with Gasteiger partial charge in [0.25, 0.3) is 0 Å². The fourth-order valence-electron chi connectivity index (χ4n) is 1.84. The SMILES string of the molecule is COc1ccc(Oc2ccccc2C(=O)/C=C/N(C)C)cc1. The number of hydrogen-bond acceptors (Lipinski definition) is 4. The lowest BCUT2D eigenvalue weighted by Gasteiger charge is -2.10. The van der Waals surface area contributed by atoms with Crippen LogP contribution in [0.1, 0.15) is 10.4 Å². The lowest BCUT2D eigenvalue weighted by molar-refractivity contribution is 0.104. The molecule has 114 valence electrons. The lowest BCUT2D eigenvalue weighted by Crippen LogP contribution is -2.04. The number of para-hydroxylation sites is 1. The summed E-state index contributed by atoms with van der Waals surface area (Å²) in [5.74, 6) is 1.84. The summed E-state index contributed by atoms with van der Waals surface area (Å²) in [6.45, 7) is 0. The van der Waals surface area contributed by atoms with E-state index in [2.05, 4.69) is 0 Å². The van der Waals surface area contributed by atoms with E-state index in [1.807, 2.05) is 43.3 Å². The third-order valence-electron chi connectivity index (χ3n) is 2.96. The van der Waals surface area contributed by atoms with E-state index >= 15 is 0 Å². The van der Waals surface area contributed by atoms with E-state index in [4.69, 9.17) is 9.47 Å². The maximum atomic E-state index is 12.2. The summed E-state index contributed by atoms with van der Waals surface area (Å²) in [5, 5.41) is 0. The molecule has 0 atom stereocenters.